The maximum atomic E-state index is 11.9. The van der Waals surface area contributed by atoms with Crippen LogP contribution in [0.15, 0.2) is 0 Å². The fourth-order valence-electron chi connectivity index (χ4n) is 1.46. The first-order chi connectivity index (χ1) is 7.34. The van der Waals surface area contributed by atoms with Gasteiger partial charge in [0.25, 0.3) is 0 Å². The molecule has 3 N–H and O–H groups in total. The molecule has 1 unspecified atom stereocenters. The van der Waals surface area contributed by atoms with E-state index in [1.807, 2.05) is 13.8 Å². The Kier molecular flexibility index (Phi) is 3.64. The Balaban J connectivity index is 2.82. The second kappa shape index (κ2) is 4.61. The number of carbonyl (C=O) groups excluding carboxylic acids is 3. The van der Waals surface area contributed by atoms with E-state index < -0.39 is 23.9 Å². The molecule has 0 aromatic rings. The normalized spacial score (nSPS) is 23.3. The van der Waals surface area contributed by atoms with Gasteiger partial charge < -0.3 is 10.6 Å². The topological polar surface area (TPSA) is 92.5 Å². The van der Waals surface area contributed by atoms with E-state index in [0.29, 0.717) is 0 Å². The molecule has 1 heterocycles. The molecule has 0 spiro atoms. The van der Waals surface area contributed by atoms with Gasteiger partial charge in [0.2, 0.25) is 17.7 Å². The summed E-state index contributed by atoms with van der Waals surface area (Å²) < 4.78 is 0. The Morgan fingerprint density at radius 3 is 2.56 bits per heavy atom. The van der Waals surface area contributed by atoms with Crippen LogP contribution in [0.3, 0.4) is 0 Å². The van der Waals surface area contributed by atoms with Gasteiger partial charge in [-0.25, -0.2) is 0 Å². The summed E-state index contributed by atoms with van der Waals surface area (Å²) in [6.07, 6.45) is 0. The van der Waals surface area contributed by atoms with Gasteiger partial charge in [-0.05, 0) is 12.8 Å². The molecule has 0 radical (unpaired) electrons. The van der Waals surface area contributed by atoms with Gasteiger partial charge in [-0.15, -0.1) is 0 Å². The molecule has 1 fully saturated rings. The summed E-state index contributed by atoms with van der Waals surface area (Å²) in [5.41, 5.74) is 5.71. The van der Waals surface area contributed by atoms with Crippen LogP contribution in [0.2, 0.25) is 0 Å². The van der Waals surface area contributed by atoms with Crippen LogP contribution in [-0.4, -0.2) is 41.2 Å². The van der Waals surface area contributed by atoms with Crippen molar-refractivity contribution in [2.75, 3.05) is 6.54 Å². The van der Waals surface area contributed by atoms with E-state index in [4.69, 9.17) is 5.73 Å². The number of nitrogens with zero attached hydrogens (tertiary/aromatic N) is 1. The van der Waals surface area contributed by atoms with Crippen LogP contribution in [0.4, 0.5) is 0 Å². The van der Waals surface area contributed by atoms with Crippen LogP contribution in [0.1, 0.15) is 20.8 Å². The minimum atomic E-state index is -0.679. The van der Waals surface area contributed by atoms with Crippen LogP contribution in [0.5, 0.6) is 0 Å². The number of hydrogen-bond acceptors (Lipinski definition) is 4. The number of hydrogen-bond donors (Lipinski definition) is 2. The first-order valence-corrected chi connectivity index (χ1v) is 5.24. The predicted octanol–water partition coefficient (Wildman–Crippen LogP) is -1.16. The van der Waals surface area contributed by atoms with Crippen LogP contribution in [-0.2, 0) is 14.4 Å². The molecule has 2 atom stereocenters. The fraction of sp³-hybridized carbons (Fsp3) is 0.700. The highest BCUT2D eigenvalue weighted by atomic mass is 16.2. The SMILES string of the molecule is CC(C)[C@@H](N)C(=O)N1CC(=O)NC(=O)C1C. The highest BCUT2D eigenvalue weighted by Gasteiger charge is 2.36. The molecule has 1 aliphatic heterocycles. The molecular weight excluding hydrogens is 210 g/mol. The number of imide groups is 1. The van der Waals surface area contributed by atoms with E-state index in [1.165, 1.54) is 4.90 Å². The minimum Gasteiger partial charge on any atom is -0.320 e. The van der Waals surface area contributed by atoms with Crippen molar-refractivity contribution in [1.82, 2.24) is 10.2 Å². The van der Waals surface area contributed by atoms with Gasteiger partial charge in [0.05, 0.1) is 6.04 Å². The molecule has 3 amide bonds. The van der Waals surface area contributed by atoms with Gasteiger partial charge in [0.1, 0.15) is 12.6 Å². The van der Waals surface area contributed by atoms with Crippen molar-refractivity contribution in [1.29, 1.82) is 0 Å². The summed E-state index contributed by atoms with van der Waals surface area (Å²) in [5, 5.41) is 2.17. The van der Waals surface area contributed by atoms with Gasteiger partial charge in [-0.2, -0.15) is 0 Å². The smallest absolute Gasteiger partial charge is 0.249 e. The molecule has 0 aromatic heterocycles. The third-order valence-electron chi connectivity index (χ3n) is 2.71. The lowest BCUT2D eigenvalue weighted by Crippen LogP contribution is -2.61. The van der Waals surface area contributed by atoms with Gasteiger partial charge >= 0.3 is 0 Å². The molecule has 90 valence electrons. The predicted molar refractivity (Wildman–Crippen MR) is 57.1 cm³/mol. The van der Waals surface area contributed by atoms with Crippen molar-refractivity contribution in [3.63, 3.8) is 0 Å². The number of piperazine rings is 1. The standard InChI is InChI=1S/C10H17N3O3/c1-5(2)8(11)10(16)13-4-7(14)12-9(15)6(13)3/h5-6,8H,4,11H2,1-3H3,(H,12,14,15)/t6?,8-/m1/s1. The van der Waals surface area contributed by atoms with Gasteiger partial charge in [-0.1, -0.05) is 13.8 Å². The lowest BCUT2D eigenvalue weighted by molar-refractivity contribution is -0.150. The second-order valence-electron chi connectivity index (χ2n) is 4.32. The van der Waals surface area contributed by atoms with E-state index in [9.17, 15) is 14.4 Å². The Hall–Kier alpha value is -1.43. The summed E-state index contributed by atoms with van der Waals surface area (Å²) >= 11 is 0. The molecule has 1 saturated heterocycles. The zero-order valence-corrected chi connectivity index (χ0v) is 9.69. The number of nitrogens with one attached hydrogen (secondary N) is 1. The maximum absolute atomic E-state index is 11.9. The van der Waals surface area contributed by atoms with Crippen molar-refractivity contribution < 1.29 is 14.4 Å². The van der Waals surface area contributed by atoms with Crippen LogP contribution in [0, 0.1) is 5.92 Å². The summed E-state index contributed by atoms with van der Waals surface area (Å²) in [5.74, 6) is -1.31. The summed E-state index contributed by atoms with van der Waals surface area (Å²) in [4.78, 5) is 35.6. The molecule has 6 nitrogen and oxygen atoms in total. The molecule has 6 heteroatoms. The molecule has 0 aliphatic carbocycles. The first kappa shape index (κ1) is 12.6. The molecule has 0 aromatic carbocycles. The van der Waals surface area contributed by atoms with Crippen LogP contribution >= 0.6 is 0 Å². The average molecular weight is 227 g/mol. The maximum Gasteiger partial charge on any atom is 0.249 e. The van der Waals surface area contributed by atoms with Gasteiger partial charge in [0.15, 0.2) is 0 Å². The second-order valence-corrected chi connectivity index (χ2v) is 4.32. The monoisotopic (exact) mass is 227 g/mol. The lowest BCUT2D eigenvalue weighted by Gasteiger charge is -2.34. The number of rotatable bonds is 2. The molecule has 0 saturated carbocycles. The van der Waals surface area contributed by atoms with Crippen molar-refractivity contribution in [3.05, 3.63) is 0 Å². The molecule has 0 bridgehead atoms. The van der Waals surface area contributed by atoms with E-state index in [1.54, 1.807) is 6.92 Å². The van der Waals surface area contributed by atoms with Crippen molar-refractivity contribution in [3.8, 4) is 0 Å². The Morgan fingerprint density at radius 1 is 1.50 bits per heavy atom. The van der Waals surface area contributed by atoms with E-state index in [-0.39, 0.29) is 18.4 Å². The molecular formula is C10H17N3O3. The number of nitrogens with two attached hydrogens (primary N) is 1. The molecule has 16 heavy (non-hydrogen) atoms. The third-order valence-corrected chi connectivity index (χ3v) is 2.71. The summed E-state index contributed by atoms with van der Waals surface area (Å²) in [7, 11) is 0. The van der Waals surface area contributed by atoms with E-state index in [2.05, 4.69) is 5.32 Å². The fourth-order valence-corrected chi connectivity index (χ4v) is 1.46. The van der Waals surface area contributed by atoms with Crippen molar-refractivity contribution in [2.24, 2.45) is 11.7 Å². The zero-order chi connectivity index (χ0) is 12.5. The van der Waals surface area contributed by atoms with Crippen LogP contribution in [0.25, 0.3) is 0 Å². The average Bonchev–Trinajstić information content (AvgIpc) is 2.21. The first-order valence-electron chi connectivity index (χ1n) is 5.24. The Bertz CT molecular complexity index is 327. The van der Waals surface area contributed by atoms with Crippen LogP contribution < -0.4 is 11.1 Å². The van der Waals surface area contributed by atoms with Gasteiger partial charge in [-0.3, -0.25) is 19.7 Å². The number of carbonyl (C=O) groups is 3. The molecule has 1 aliphatic rings. The molecule has 1 rings (SSSR count). The largest absolute Gasteiger partial charge is 0.320 e. The minimum absolute atomic E-state index is 0.0280. The highest BCUT2D eigenvalue weighted by Crippen LogP contribution is 2.10. The van der Waals surface area contributed by atoms with Crippen molar-refractivity contribution >= 4 is 17.7 Å². The van der Waals surface area contributed by atoms with E-state index >= 15 is 0 Å². The lowest BCUT2D eigenvalue weighted by atomic mass is 10.0. The Morgan fingerprint density at radius 2 is 2.06 bits per heavy atom. The summed E-state index contributed by atoms with van der Waals surface area (Å²) in [6.45, 7) is 5.11. The van der Waals surface area contributed by atoms with Crippen molar-refractivity contribution in [2.45, 2.75) is 32.9 Å². The Labute approximate surface area is 94.2 Å². The third kappa shape index (κ3) is 2.38. The summed E-state index contributed by atoms with van der Waals surface area (Å²) in [6, 6.07) is -1.32. The quantitative estimate of drug-likeness (QED) is 0.582. The van der Waals surface area contributed by atoms with Gasteiger partial charge in [0, 0.05) is 0 Å². The zero-order valence-electron chi connectivity index (χ0n) is 9.69. The van der Waals surface area contributed by atoms with E-state index in [0.717, 1.165) is 0 Å². The number of amides is 3. The highest BCUT2D eigenvalue weighted by molar-refractivity contribution is 6.04.